The van der Waals surface area contributed by atoms with Crippen LogP contribution < -0.4 is 0 Å². The molecule has 0 spiro atoms. The predicted octanol–water partition coefficient (Wildman–Crippen LogP) is 7.63. The van der Waals surface area contributed by atoms with Crippen LogP contribution in [0, 0.1) is 35.0 Å². The molecular formula is C28H40O. The van der Waals surface area contributed by atoms with Gasteiger partial charge in [0.1, 0.15) is 6.29 Å². The van der Waals surface area contributed by atoms with Crippen LogP contribution in [0.2, 0.25) is 0 Å². The van der Waals surface area contributed by atoms with Crippen LogP contribution >= 0.6 is 0 Å². The first-order valence-electron chi connectivity index (χ1n) is 11.7. The molecule has 1 unspecified atom stereocenters. The Morgan fingerprint density at radius 1 is 1.14 bits per heavy atom. The maximum atomic E-state index is 10.5. The highest BCUT2D eigenvalue weighted by Gasteiger charge is 2.50. The fourth-order valence-electron chi connectivity index (χ4n) is 6.66. The van der Waals surface area contributed by atoms with Crippen molar-refractivity contribution in [2.24, 2.45) is 35.0 Å². The van der Waals surface area contributed by atoms with Crippen molar-refractivity contribution in [3.63, 3.8) is 0 Å². The van der Waals surface area contributed by atoms with Crippen molar-refractivity contribution in [2.75, 3.05) is 0 Å². The van der Waals surface area contributed by atoms with Crippen LogP contribution in [0.5, 0.6) is 0 Å². The average Bonchev–Trinajstić information content (AvgIpc) is 3.04. The minimum atomic E-state index is 0.408. The van der Waals surface area contributed by atoms with Crippen molar-refractivity contribution in [3.8, 4) is 0 Å². The summed E-state index contributed by atoms with van der Waals surface area (Å²) >= 11 is 0. The summed E-state index contributed by atoms with van der Waals surface area (Å²) in [6.07, 6.45) is 22.6. The first kappa shape index (κ1) is 22.1. The number of allylic oxidation sites excluding steroid dienone is 9. The van der Waals surface area contributed by atoms with E-state index in [1.165, 1.54) is 56.1 Å². The zero-order valence-electron chi connectivity index (χ0n) is 19.0. The molecule has 3 saturated carbocycles. The number of rotatable bonds is 5. The van der Waals surface area contributed by atoms with E-state index in [4.69, 9.17) is 0 Å². The second-order valence-corrected chi connectivity index (χ2v) is 10.3. The quantitative estimate of drug-likeness (QED) is 0.267. The number of fused-ring (bicyclic) bond motifs is 1. The summed E-state index contributed by atoms with van der Waals surface area (Å²) in [5.41, 5.74) is 4.95. The summed E-state index contributed by atoms with van der Waals surface area (Å²) in [6, 6.07) is 0. The lowest BCUT2D eigenvalue weighted by atomic mass is 9.61. The van der Waals surface area contributed by atoms with Gasteiger partial charge >= 0.3 is 0 Å². The Kier molecular flexibility index (Phi) is 7.19. The third-order valence-corrected chi connectivity index (χ3v) is 8.22. The van der Waals surface area contributed by atoms with Crippen LogP contribution in [0.15, 0.2) is 59.8 Å². The smallest absolute Gasteiger partial charge is 0.142 e. The maximum Gasteiger partial charge on any atom is 0.142 e. The van der Waals surface area contributed by atoms with Gasteiger partial charge in [-0.3, -0.25) is 4.79 Å². The Morgan fingerprint density at radius 2 is 1.93 bits per heavy atom. The Labute approximate surface area is 178 Å². The van der Waals surface area contributed by atoms with Gasteiger partial charge in [0.05, 0.1) is 0 Å². The van der Waals surface area contributed by atoms with Crippen LogP contribution in [-0.4, -0.2) is 6.29 Å². The van der Waals surface area contributed by atoms with Gasteiger partial charge in [-0.25, -0.2) is 0 Å². The molecule has 0 radical (unpaired) electrons. The van der Waals surface area contributed by atoms with E-state index in [1.807, 2.05) is 6.08 Å². The summed E-state index contributed by atoms with van der Waals surface area (Å²) < 4.78 is 0. The highest BCUT2D eigenvalue weighted by molar-refractivity contribution is 5.65. The van der Waals surface area contributed by atoms with Crippen LogP contribution in [0.4, 0.5) is 0 Å². The molecule has 0 amide bonds. The highest BCUT2D eigenvalue weighted by Crippen LogP contribution is 2.59. The molecule has 0 aliphatic heterocycles. The van der Waals surface area contributed by atoms with Crippen LogP contribution in [0.1, 0.15) is 72.6 Å². The van der Waals surface area contributed by atoms with E-state index in [1.54, 1.807) is 11.6 Å². The van der Waals surface area contributed by atoms with Gasteiger partial charge in [0.2, 0.25) is 0 Å². The lowest BCUT2D eigenvalue weighted by Crippen LogP contribution is -2.35. The second-order valence-electron chi connectivity index (χ2n) is 10.3. The SMILES string of the molecule is C=C1/C(=C\C=C2/CCC[C@]3(C)[C@@H](C(C)/C=C/C=C/C=O)CC[C@@H]23)C[C@@H](C)C[C@@H]1C. The van der Waals surface area contributed by atoms with E-state index < -0.39 is 0 Å². The number of hydrogen-bond acceptors (Lipinski definition) is 1. The molecule has 0 saturated heterocycles. The first-order chi connectivity index (χ1) is 13.9. The van der Waals surface area contributed by atoms with Gasteiger partial charge in [0.15, 0.2) is 0 Å². The van der Waals surface area contributed by atoms with Gasteiger partial charge in [-0.05, 0) is 97.2 Å². The first-order valence-corrected chi connectivity index (χ1v) is 11.7. The molecule has 158 valence electrons. The Balaban J connectivity index is 1.77. The Bertz CT molecular complexity index is 733. The lowest BCUT2D eigenvalue weighted by molar-refractivity contribution is -0.104. The number of hydrogen-bond donors (Lipinski definition) is 0. The summed E-state index contributed by atoms with van der Waals surface area (Å²) in [4.78, 5) is 10.5. The largest absolute Gasteiger partial charge is 0.299 e. The van der Waals surface area contributed by atoms with Crippen LogP contribution in [0.25, 0.3) is 0 Å². The number of carbonyl (C=O) groups is 1. The Morgan fingerprint density at radius 3 is 2.69 bits per heavy atom. The van der Waals surface area contributed by atoms with Crippen molar-refractivity contribution in [1.29, 1.82) is 0 Å². The van der Waals surface area contributed by atoms with Gasteiger partial charge in [0.25, 0.3) is 0 Å². The normalized spacial score (nSPS) is 39.5. The summed E-state index contributed by atoms with van der Waals surface area (Å²) in [5, 5.41) is 0. The standard InChI is InChI=1S/C28H40O/c1-20-18-22(3)23(4)25(19-20)13-12-24-11-9-16-28(5)26(14-15-27(24)28)21(2)10-7-6-8-17-29/h6-8,10,12-13,17,20-22,26-27H,4,9,11,14-16,18-19H2,1-3,5H3/b8-6+,10-7+,24-12+,25-13-/t20-,21?,22-,26+,27-,28+/m0/s1. The van der Waals surface area contributed by atoms with E-state index in [0.29, 0.717) is 17.3 Å². The zero-order chi connectivity index (χ0) is 21.0. The van der Waals surface area contributed by atoms with Gasteiger partial charge in [-0.2, -0.15) is 0 Å². The molecule has 1 nitrogen and oxygen atoms in total. The van der Waals surface area contributed by atoms with E-state index in [0.717, 1.165) is 24.0 Å². The minimum absolute atomic E-state index is 0.408. The van der Waals surface area contributed by atoms with Gasteiger partial charge in [0, 0.05) is 0 Å². The van der Waals surface area contributed by atoms with Gasteiger partial charge in [-0.15, -0.1) is 0 Å². The minimum Gasteiger partial charge on any atom is -0.299 e. The summed E-state index contributed by atoms with van der Waals surface area (Å²) in [7, 11) is 0. The molecule has 6 atom stereocenters. The third kappa shape index (κ3) is 4.76. The van der Waals surface area contributed by atoms with Crippen LogP contribution in [-0.2, 0) is 4.79 Å². The molecule has 0 aromatic carbocycles. The molecule has 3 rings (SSSR count). The van der Waals surface area contributed by atoms with E-state index in [-0.39, 0.29) is 0 Å². The molecule has 3 fully saturated rings. The summed E-state index contributed by atoms with van der Waals surface area (Å²) in [6.45, 7) is 14.0. The summed E-state index contributed by atoms with van der Waals surface area (Å²) in [5.74, 6) is 3.41. The predicted molar refractivity (Wildman–Crippen MR) is 125 cm³/mol. The maximum absolute atomic E-state index is 10.5. The molecular weight excluding hydrogens is 352 g/mol. The van der Waals surface area contributed by atoms with Crippen molar-refractivity contribution in [1.82, 2.24) is 0 Å². The molecule has 1 heteroatoms. The monoisotopic (exact) mass is 392 g/mol. The van der Waals surface area contributed by atoms with Gasteiger partial charge < -0.3 is 0 Å². The van der Waals surface area contributed by atoms with Crippen molar-refractivity contribution < 1.29 is 4.79 Å². The Hall–Kier alpha value is -1.63. The molecule has 0 bridgehead atoms. The van der Waals surface area contributed by atoms with E-state index in [9.17, 15) is 4.79 Å². The van der Waals surface area contributed by atoms with E-state index in [2.05, 4.69) is 58.6 Å². The zero-order valence-corrected chi connectivity index (χ0v) is 19.0. The van der Waals surface area contributed by atoms with Gasteiger partial charge in [-0.1, -0.05) is 70.2 Å². The molecule has 3 aliphatic rings. The van der Waals surface area contributed by atoms with E-state index >= 15 is 0 Å². The molecule has 0 heterocycles. The average molecular weight is 393 g/mol. The molecule has 0 aromatic heterocycles. The number of carbonyl (C=O) groups excluding carboxylic acids is 1. The lowest BCUT2D eigenvalue weighted by Gasteiger charge is -2.44. The molecule has 29 heavy (non-hydrogen) atoms. The third-order valence-electron chi connectivity index (χ3n) is 8.22. The van der Waals surface area contributed by atoms with Crippen LogP contribution in [0.3, 0.4) is 0 Å². The van der Waals surface area contributed by atoms with Crippen molar-refractivity contribution in [2.45, 2.75) is 72.6 Å². The highest BCUT2D eigenvalue weighted by atomic mass is 16.1. The van der Waals surface area contributed by atoms with Crippen molar-refractivity contribution >= 4 is 6.29 Å². The molecule has 3 aliphatic carbocycles. The second kappa shape index (κ2) is 9.45. The van der Waals surface area contributed by atoms with Crippen molar-refractivity contribution in [3.05, 3.63) is 59.8 Å². The molecule has 0 N–H and O–H groups in total. The fourth-order valence-corrected chi connectivity index (χ4v) is 6.66. The number of aldehydes is 1. The fraction of sp³-hybridized carbons (Fsp3) is 0.607. The molecule has 0 aromatic rings. The topological polar surface area (TPSA) is 17.1 Å².